The van der Waals surface area contributed by atoms with Gasteiger partial charge < -0.3 is 9.30 Å². The lowest BCUT2D eigenvalue weighted by Crippen LogP contribution is -2.08. The van der Waals surface area contributed by atoms with Gasteiger partial charge in [0.05, 0.1) is 17.9 Å². The molecule has 28 heavy (non-hydrogen) atoms. The largest absolute Gasteiger partial charge is 0.462 e. The Morgan fingerprint density at radius 1 is 0.893 bits per heavy atom. The van der Waals surface area contributed by atoms with E-state index in [1.807, 2.05) is 43.3 Å². The topological polar surface area (TPSA) is 31.2 Å². The molecule has 0 atom stereocenters. The fourth-order valence-electron chi connectivity index (χ4n) is 3.66. The number of fused-ring (bicyclic) bond motifs is 1. The van der Waals surface area contributed by atoms with Crippen molar-refractivity contribution < 1.29 is 9.53 Å². The van der Waals surface area contributed by atoms with Gasteiger partial charge in [-0.2, -0.15) is 0 Å². The molecule has 0 bridgehead atoms. The third kappa shape index (κ3) is 3.31. The number of para-hydroxylation sites is 1. The Morgan fingerprint density at radius 3 is 2.29 bits per heavy atom. The van der Waals surface area contributed by atoms with Gasteiger partial charge in [0.15, 0.2) is 0 Å². The normalized spacial score (nSPS) is 10.9. The molecular formula is C25H23NO2. The van der Waals surface area contributed by atoms with Crippen LogP contribution in [0.25, 0.3) is 22.2 Å². The van der Waals surface area contributed by atoms with Crippen LogP contribution in [0.1, 0.15) is 28.4 Å². The lowest BCUT2D eigenvalue weighted by Gasteiger charge is -2.13. The Balaban J connectivity index is 2.01. The summed E-state index contributed by atoms with van der Waals surface area (Å²) in [6, 6.07) is 26.7. The second-order valence-electron chi connectivity index (χ2n) is 6.90. The van der Waals surface area contributed by atoms with Crippen molar-refractivity contribution in [2.75, 3.05) is 6.61 Å². The molecule has 0 saturated heterocycles. The van der Waals surface area contributed by atoms with Gasteiger partial charge in [-0.3, -0.25) is 0 Å². The van der Waals surface area contributed by atoms with E-state index in [4.69, 9.17) is 4.74 Å². The molecule has 0 amide bonds. The van der Waals surface area contributed by atoms with E-state index < -0.39 is 0 Å². The van der Waals surface area contributed by atoms with E-state index >= 15 is 0 Å². The van der Waals surface area contributed by atoms with Crippen LogP contribution in [0.2, 0.25) is 0 Å². The molecule has 1 aromatic heterocycles. The highest BCUT2D eigenvalue weighted by atomic mass is 16.5. The molecule has 0 fully saturated rings. The summed E-state index contributed by atoms with van der Waals surface area (Å²) in [4.78, 5) is 12.9. The summed E-state index contributed by atoms with van der Waals surface area (Å²) in [6.45, 7) is 4.94. The van der Waals surface area contributed by atoms with Gasteiger partial charge in [0.1, 0.15) is 0 Å². The zero-order valence-corrected chi connectivity index (χ0v) is 16.2. The van der Waals surface area contributed by atoms with Crippen LogP contribution < -0.4 is 0 Å². The maximum atomic E-state index is 12.9. The maximum absolute atomic E-state index is 12.9. The lowest BCUT2D eigenvalue weighted by molar-refractivity contribution is 0.0529. The van der Waals surface area contributed by atoms with Gasteiger partial charge in [0.25, 0.3) is 0 Å². The molecule has 1 heterocycles. The number of carbonyl (C=O) groups is 1. The monoisotopic (exact) mass is 369 g/mol. The molecule has 3 aromatic carbocycles. The smallest absolute Gasteiger partial charge is 0.340 e. The Bertz CT molecular complexity index is 1110. The van der Waals surface area contributed by atoms with E-state index in [-0.39, 0.29) is 5.97 Å². The standard InChI is InChI=1S/C25H23NO2/c1-3-28-25(27)23-21-11-7-8-12-22(21)26(17-19-9-5-4-6-10-19)24(23)20-15-13-18(2)14-16-20/h4-16H,3,17H2,1-2H3. The summed E-state index contributed by atoms with van der Waals surface area (Å²) in [5.74, 6) is -0.277. The summed E-state index contributed by atoms with van der Waals surface area (Å²) < 4.78 is 7.66. The van der Waals surface area contributed by atoms with Crippen LogP contribution in [0.3, 0.4) is 0 Å². The van der Waals surface area contributed by atoms with E-state index in [9.17, 15) is 4.79 Å². The summed E-state index contributed by atoms with van der Waals surface area (Å²) in [7, 11) is 0. The first-order chi connectivity index (χ1) is 13.7. The molecule has 0 aliphatic rings. The quantitative estimate of drug-likeness (QED) is 0.414. The van der Waals surface area contributed by atoms with E-state index in [1.54, 1.807) is 0 Å². The number of carbonyl (C=O) groups excluding carboxylic acids is 1. The van der Waals surface area contributed by atoms with Crippen LogP contribution in [0.4, 0.5) is 0 Å². The molecule has 0 aliphatic heterocycles. The first kappa shape index (κ1) is 18.1. The predicted molar refractivity (Wildman–Crippen MR) is 114 cm³/mol. The Kier molecular flexibility index (Phi) is 4.98. The highest BCUT2D eigenvalue weighted by molar-refractivity contribution is 6.10. The van der Waals surface area contributed by atoms with E-state index in [0.717, 1.165) is 22.2 Å². The number of benzene rings is 3. The van der Waals surface area contributed by atoms with Crippen LogP contribution >= 0.6 is 0 Å². The maximum Gasteiger partial charge on any atom is 0.340 e. The molecule has 0 aliphatic carbocycles. The Hall–Kier alpha value is -3.33. The van der Waals surface area contributed by atoms with Crippen molar-refractivity contribution >= 4 is 16.9 Å². The fourth-order valence-corrected chi connectivity index (χ4v) is 3.66. The van der Waals surface area contributed by atoms with Crippen molar-refractivity contribution in [2.24, 2.45) is 0 Å². The van der Waals surface area contributed by atoms with E-state index in [0.29, 0.717) is 18.7 Å². The number of hydrogen-bond donors (Lipinski definition) is 0. The molecule has 4 rings (SSSR count). The zero-order chi connectivity index (χ0) is 19.5. The number of ether oxygens (including phenoxy) is 1. The molecule has 140 valence electrons. The van der Waals surface area contributed by atoms with Crippen LogP contribution in [0.15, 0.2) is 78.9 Å². The van der Waals surface area contributed by atoms with Gasteiger partial charge in [0, 0.05) is 17.4 Å². The minimum absolute atomic E-state index is 0.277. The summed E-state index contributed by atoms with van der Waals surface area (Å²) in [5.41, 5.74) is 5.96. The first-order valence-electron chi connectivity index (χ1n) is 9.58. The van der Waals surface area contributed by atoms with Crippen LogP contribution in [0, 0.1) is 6.92 Å². The zero-order valence-electron chi connectivity index (χ0n) is 16.2. The average molecular weight is 369 g/mol. The Morgan fingerprint density at radius 2 is 1.57 bits per heavy atom. The SMILES string of the molecule is CCOC(=O)c1c(-c2ccc(C)cc2)n(Cc2ccccc2)c2ccccc12. The average Bonchev–Trinajstić information content (AvgIpc) is 3.04. The second-order valence-corrected chi connectivity index (χ2v) is 6.90. The minimum atomic E-state index is -0.277. The van der Waals surface area contributed by atoms with Gasteiger partial charge in [-0.1, -0.05) is 78.4 Å². The lowest BCUT2D eigenvalue weighted by atomic mass is 10.0. The van der Waals surface area contributed by atoms with Gasteiger partial charge in [-0.25, -0.2) is 4.79 Å². The van der Waals surface area contributed by atoms with Crippen molar-refractivity contribution in [3.05, 3.63) is 95.6 Å². The van der Waals surface area contributed by atoms with Crippen LogP contribution in [0.5, 0.6) is 0 Å². The van der Waals surface area contributed by atoms with Gasteiger partial charge >= 0.3 is 5.97 Å². The number of aromatic nitrogens is 1. The Labute approximate surface area is 165 Å². The van der Waals surface area contributed by atoms with Gasteiger partial charge in [-0.15, -0.1) is 0 Å². The molecule has 0 spiro atoms. The summed E-state index contributed by atoms with van der Waals surface area (Å²) in [6.07, 6.45) is 0. The molecule has 0 radical (unpaired) electrons. The van der Waals surface area contributed by atoms with Crippen molar-refractivity contribution in [3.8, 4) is 11.3 Å². The molecule has 4 aromatic rings. The van der Waals surface area contributed by atoms with Crippen LogP contribution in [-0.4, -0.2) is 17.1 Å². The van der Waals surface area contributed by atoms with Crippen molar-refractivity contribution in [1.82, 2.24) is 4.57 Å². The van der Waals surface area contributed by atoms with Crippen molar-refractivity contribution in [1.29, 1.82) is 0 Å². The molecule has 0 N–H and O–H groups in total. The second kappa shape index (κ2) is 7.73. The van der Waals surface area contributed by atoms with Crippen molar-refractivity contribution in [2.45, 2.75) is 20.4 Å². The molecule has 0 unspecified atom stereocenters. The molecule has 0 saturated carbocycles. The fraction of sp³-hybridized carbons (Fsp3) is 0.160. The molecular weight excluding hydrogens is 346 g/mol. The highest BCUT2D eigenvalue weighted by Crippen LogP contribution is 2.35. The number of esters is 1. The molecule has 3 heteroatoms. The van der Waals surface area contributed by atoms with Crippen molar-refractivity contribution in [3.63, 3.8) is 0 Å². The molecule has 3 nitrogen and oxygen atoms in total. The summed E-state index contributed by atoms with van der Waals surface area (Å²) >= 11 is 0. The minimum Gasteiger partial charge on any atom is -0.462 e. The predicted octanol–water partition coefficient (Wildman–Crippen LogP) is 5.84. The van der Waals surface area contributed by atoms with Crippen LogP contribution in [-0.2, 0) is 11.3 Å². The van der Waals surface area contributed by atoms with E-state index in [2.05, 4.69) is 54.0 Å². The summed E-state index contributed by atoms with van der Waals surface area (Å²) in [5, 5.41) is 0.924. The number of nitrogens with zero attached hydrogens (tertiary/aromatic N) is 1. The number of hydrogen-bond acceptors (Lipinski definition) is 2. The third-order valence-electron chi connectivity index (χ3n) is 4.96. The van der Waals surface area contributed by atoms with Gasteiger partial charge in [-0.05, 0) is 31.0 Å². The first-order valence-corrected chi connectivity index (χ1v) is 9.58. The highest BCUT2D eigenvalue weighted by Gasteiger charge is 2.24. The third-order valence-corrected chi connectivity index (χ3v) is 4.96. The number of rotatable bonds is 5. The van der Waals surface area contributed by atoms with E-state index in [1.165, 1.54) is 11.1 Å². The number of aryl methyl sites for hydroxylation is 1. The van der Waals surface area contributed by atoms with Gasteiger partial charge in [0.2, 0.25) is 0 Å².